The van der Waals surface area contributed by atoms with E-state index in [0.717, 1.165) is 47.6 Å². The molecule has 0 aromatic heterocycles. The molecular formula is C38H70N2. The highest BCUT2D eigenvalue weighted by atomic mass is 14.9. The van der Waals surface area contributed by atoms with Crippen molar-refractivity contribution >= 4 is 0 Å². The second-order valence-corrected chi connectivity index (χ2v) is 15.6. The van der Waals surface area contributed by atoms with Crippen LogP contribution in [0.25, 0.3) is 0 Å². The monoisotopic (exact) mass is 555 g/mol. The molecular weight excluding hydrogens is 484 g/mol. The Labute approximate surface area is 250 Å². The van der Waals surface area contributed by atoms with Gasteiger partial charge in [0.15, 0.2) is 0 Å². The van der Waals surface area contributed by atoms with Crippen molar-refractivity contribution in [1.82, 2.24) is 10.6 Å². The maximum atomic E-state index is 4.28. The Bertz CT molecular complexity index is 662. The summed E-state index contributed by atoms with van der Waals surface area (Å²) in [5.74, 6) is 5.80. The van der Waals surface area contributed by atoms with E-state index in [4.69, 9.17) is 0 Å². The first-order valence-electron chi connectivity index (χ1n) is 19.4. The van der Waals surface area contributed by atoms with Gasteiger partial charge in [-0.1, -0.05) is 116 Å². The summed E-state index contributed by atoms with van der Waals surface area (Å²) in [5.41, 5.74) is 0. The number of rotatable bonds is 2. The Morgan fingerprint density at radius 2 is 0.550 bits per heavy atom. The molecule has 2 heteroatoms. The number of hydrogen-bond donors (Lipinski definition) is 2. The smallest absolute Gasteiger partial charge is 0.0126 e. The zero-order valence-corrected chi connectivity index (χ0v) is 26.8. The first-order chi connectivity index (χ1) is 19.9. The van der Waals surface area contributed by atoms with Crippen LogP contribution in [0.2, 0.25) is 0 Å². The normalized spacial score (nSPS) is 40.8. The molecule has 2 nitrogen and oxygen atoms in total. The molecule has 5 aliphatic rings. The van der Waals surface area contributed by atoms with Crippen molar-refractivity contribution in [3.8, 4) is 0 Å². The van der Waals surface area contributed by atoms with Crippen molar-refractivity contribution in [3.05, 3.63) is 0 Å². The van der Waals surface area contributed by atoms with E-state index in [9.17, 15) is 0 Å². The fraction of sp³-hybridized carbons (Fsp3) is 1.00. The predicted molar refractivity (Wildman–Crippen MR) is 174 cm³/mol. The van der Waals surface area contributed by atoms with E-state index in [1.807, 2.05) is 0 Å². The summed E-state index contributed by atoms with van der Waals surface area (Å²) in [6.45, 7) is 2.59. The summed E-state index contributed by atoms with van der Waals surface area (Å²) in [6.07, 6.45) is 42.1. The molecule has 3 aliphatic carbocycles. The van der Waals surface area contributed by atoms with Crippen LogP contribution in [0.5, 0.6) is 0 Å². The zero-order chi connectivity index (χ0) is 27.2. The van der Waals surface area contributed by atoms with Gasteiger partial charge in [0, 0.05) is 12.1 Å². The van der Waals surface area contributed by atoms with Crippen LogP contribution >= 0.6 is 0 Å². The van der Waals surface area contributed by atoms with Crippen molar-refractivity contribution in [1.29, 1.82) is 0 Å². The van der Waals surface area contributed by atoms with Gasteiger partial charge in [-0.2, -0.15) is 0 Å². The van der Waals surface area contributed by atoms with E-state index in [1.54, 1.807) is 12.8 Å². The first-order valence-corrected chi connectivity index (χ1v) is 19.4. The Kier molecular flexibility index (Phi) is 14.0. The second kappa shape index (κ2) is 17.9. The van der Waals surface area contributed by atoms with Gasteiger partial charge >= 0.3 is 0 Å². The number of hydrogen-bond acceptors (Lipinski definition) is 2. The van der Waals surface area contributed by atoms with E-state index in [0.29, 0.717) is 0 Å². The van der Waals surface area contributed by atoms with Crippen LogP contribution in [0.1, 0.15) is 180 Å². The molecule has 0 bridgehead atoms. The average molecular weight is 555 g/mol. The van der Waals surface area contributed by atoms with Crippen LogP contribution < -0.4 is 10.6 Å². The quantitative estimate of drug-likeness (QED) is 0.355. The van der Waals surface area contributed by atoms with Crippen LogP contribution in [0, 0.1) is 35.5 Å². The number of fused-ring (bicyclic) bond motifs is 2. The third-order valence-corrected chi connectivity index (χ3v) is 12.9. The van der Waals surface area contributed by atoms with Crippen molar-refractivity contribution in [3.63, 3.8) is 0 Å². The Morgan fingerprint density at radius 3 is 0.975 bits per heavy atom. The maximum Gasteiger partial charge on any atom is 0.0126 e. The van der Waals surface area contributed by atoms with E-state index >= 15 is 0 Å². The lowest BCUT2D eigenvalue weighted by atomic mass is 9.68. The van der Waals surface area contributed by atoms with Crippen LogP contribution in [-0.2, 0) is 0 Å². The van der Waals surface area contributed by atoms with Gasteiger partial charge in [0.1, 0.15) is 0 Å². The van der Waals surface area contributed by atoms with E-state index in [1.165, 1.54) is 180 Å². The molecule has 5 fully saturated rings. The largest absolute Gasteiger partial charge is 0.313 e. The molecule has 8 atom stereocenters. The minimum atomic E-state index is 0.823. The minimum Gasteiger partial charge on any atom is -0.313 e. The van der Waals surface area contributed by atoms with Gasteiger partial charge in [-0.25, -0.2) is 0 Å². The lowest BCUT2D eigenvalue weighted by Gasteiger charge is -2.42. The maximum absolute atomic E-state index is 4.28. The summed E-state index contributed by atoms with van der Waals surface area (Å²) < 4.78 is 0. The van der Waals surface area contributed by atoms with Crippen molar-refractivity contribution < 1.29 is 0 Å². The van der Waals surface area contributed by atoms with Crippen LogP contribution in [0.4, 0.5) is 0 Å². The van der Waals surface area contributed by atoms with Crippen molar-refractivity contribution in [2.45, 2.75) is 192 Å². The molecule has 0 spiro atoms. The fourth-order valence-corrected chi connectivity index (χ4v) is 10.7. The SMILES string of the molecule is C1CCCC2CCCCCNC2C(C2CCCCCC(C3CCCCCCC4CCCCCNC43)CC2)CCC1. The van der Waals surface area contributed by atoms with Gasteiger partial charge in [0.25, 0.3) is 0 Å². The molecule has 2 heterocycles. The van der Waals surface area contributed by atoms with Gasteiger partial charge < -0.3 is 10.6 Å². The van der Waals surface area contributed by atoms with Gasteiger partial charge in [-0.3, -0.25) is 0 Å². The van der Waals surface area contributed by atoms with Gasteiger partial charge in [0.05, 0.1) is 0 Å². The summed E-state index contributed by atoms with van der Waals surface area (Å²) in [4.78, 5) is 0. The van der Waals surface area contributed by atoms with E-state index < -0.39 is 0 Å². The van der Waals surface area contributed by atoms with Gasteiger partial charge in [0.2, 0.25) is 0 Å². The molecule has 2 saturated heterocycles. The molecule has 2 aliphatic heterocycles. The molecule has 5 rings (SSSR count). The topological polar surface area (TPSA) is 24.1 Å². The van der Waals surface area contributed by atoms with Crippen LogP contribution in [-0.4, -0.2) is 25.2 Å². The third-order valence-electron chi connectivity index (χ3n) is 12.9. The minimum absolute atomic E-state index is 0.823. The zero-order valence-electron chi connectivity index (χ0n) is 26.8. The molecule has 232 valence electrons. The number of nitrogens with one attached hydrogen (secondary N) is 2. The van der Waals surface area contributed by atoms with Crippen LogP contribution in [0.15, 0.2) is 0 Å². The van der Waals surface area contributed by atoms with Crippen molar-refractivity contribution in [2.24, 2.45) is 35.5 Å². The molecule has 8 unspecified atom stereocenters. The Hall–Kier alpha value is -0.0800. The highest BCUT2D eigenvalue weighted by molar-refractivity contribution is 4.93. The van der Waals surface area contributed by atoms with Gasteiger partial charge in [-0.15, -0.1) is 0 Å². The predicted octanol–water partition coefficient (Wildman–Crippen LogP) is 10.6. The lowest BCUT2D eigenvalue weighted by Crippen LogP contribution is -2.47. The molecule has 2 N–H and O–H groups in total. The molecule has 0 aromatic rings. The lowest BCUT2D eigenvalue weighted by molar-refractivity contribution is 0.114. The summed E-state index contributed by atoms with van der Waals surface area (Å²) in [6, 6.07) is 1.65. The molecule has 0 radical (unpaired) electrons. The average Bonchev–Trinajstić information content (AvgIpc) is 3.11. The highest BCUT2D eigenvalue weighted by Crippen LogP contribution is 2.43. The van der Waals surface area contributed by atoms with Crippen molar-refractivity contribution in [2.75, 3.05) is 13.1 Å². The van der Waals surface area contributed by atoms with E-state index in [-0.39, 0.29) is 0 Å². The summed E-state index contributed by atoms with van der Waals surface area (Å²) >= 11 is 0. The van der Waals surface area contributed by atoms with Crippen LogP contribution in [0.3, 0.4) is 0 Å². The molecule has 0 amide bonds. The standard InChI is InChI=1S/C38H70N2/c1-2-9-21-33-23-13-7-17-29-39-37(33)35(25-15-3-1)31-19-11-6-12-20-32(28-27-31)36-26-16-5-4-10-22-34-24-14-8-18-30-40-38(34)36/h31-40H,1-30H2. The molecule has 3 saturated carbocycles. The summed E-state index contributed by atoms with van der Waals surface area (Å²) in [7, 11) is 0. The third kappa shape index (κ3) is 9.46. The first kappa shape index (κ1) is 31.3. The fourth-order valence-electron chi connectivity index (χ4n) is 10.7. The van der Waals surface area contributed by atoms with Gasteiger partial charge in [-0.05, 0) is 113 Å². The highest BCUT2D eigenvalue weighted by Gasteiger charge is 2.38. The second-order valence-electron chi connectivity index (χ2n) is 15.6. The molecule has 40 heavy (non-hydrogen) atoms. The van der Waals surface area contributed by atoms with E-state index in [2.05, 4.69) is 10.6 Å². The molecule has 0 aromatic carbocycles. The summed E-state index contributed by atoms with van der Waals surface area (Å²) in [5, 5.41) is 8.54. The Morgan fingerprint density at radius 1 is 0.250 bits per heavy atom. The Balaban J connectivity index is 1.33.